The van der Waals surface area contributed by atoms with E-state index in [0.29, 0.717) is 6.04 Å². The van der Waals surface area contributed by atoms with Crippen LogP contribution in [0, 0.1) is 13.8 Å². The van der Waals surface area contributed by atoms with Crippen molar-refractivity contribution in [2.75, 3.05) is 5.32 Å². The number of benzene rings is 1. The fourth-order valence-electron chi connectivity index (χ4n) is 2.44. The first-order chi connectivity index (χ1) is 10.2. The Balaban J connectivity index is 1.87. The van der Waals surface area contributed by atoms with Crippen LogP contribution < -0.4 is 5.32 Å². The molecule has 0 saturated heterocycles. The molecule has 1 aromatic carbocycles. The molecule has 3 heteroatoms. The van der Waals surface area contributed by atoms with E-state index in [2.05, 4.69) is 72.4 Å². The summed E-state index contributed by atoms with van der Waals surface area (Å²) in [6.07, 6.45) is 1.03. The maximum absolute atomic E-state index is 3.75. The van der Waals surface area contributed by atoms with E-state index in [0.717, 1.165) is 6.42 Å². The maximum Gasteiger partial charge on any atom is 0.0654 e. The first-order valence-electron chi connectivity index (χ1n) is 7.12. The van der Waals surface area contributed by atoms with E-state index in [1.807, 2.05) is 22.7 Å². The van der Waals surface area contributed by atoms with E-state index < -0.39 is 0 Å². The first-order valence-corrected chi connectivity index (χ1v) is 8.88. The van der Waals surface area contributed by atoms with Crippen molar-refractivity contribution in [1.29, 1.82) is 0 Å². The predicted molar refractivity (Wildman–Crippen MR) is 94.6 cm³/mol. The highest BCUT2D eigenvalue weighted by Gasteiger charge is 2.15. The minimum Gasteiger partial charge on any atom is -0.377 e. The SMILES string of the molecule is Cc1cccc(NC(Cc2cccs2)c2cccs2)c1C. The normalized spacial score (nSPS) is 12.3. The van der Waals surface area contributed by atoms with Crippen molar-refractivity contribution in [3.8, 4) is 0 Å². The van der Waals surface area contributed by atoms with Gasteiger partial charge in [-0.05, 0) is 53.9 Å². The van der Waals surface area contributed by atoms with Gasteiger partial charge in [0, 0.05) is 21.9 Å². The van der Waals surface area contributed by atoms with Gasteiger partial charge in [-0.2, -0.15) is 0 Å². The molecule has 1 nitrogen and oxygen atoms in total. The summed E-state index contributed by atoms with van der Waals surface area (Å²) in [5, 5.41) is 8.05. The molecule has 1 unspecified atom stereocenters. The Bertz CT molecular complexity index is 684. The molecular weight excluding hydrogens is 294 g/mol. The number of anilines is 1. The minimum absolute atomic E-state index is 0.337. The molecule has 1 N–H and O–H groups in total. The quantitative estimate of drug-likeness (QED) is 0.625. The standard InChI is InChI=1S/C18H19NS2/c1-13-6-3-8-16(14(13)2)19-17(18-9-5-11-21-18)12-15-7-4-10-20-15/h3-11,17,19H,12H2,1-2H3. The third-order valence-electron chi connectivity index (χ3n) is 3.81. The van der Waals surface area contributed by atoms with Crippen molar-refractivity contribution < 1.29 is 0 Å². The number of aryl methyl sites for hydroxylation is 1. The maximum atomic E-state index is 3.75. The smallest absolute Gasteiger partial charge is 0.0654 e. The molecule has 0 radical (unpaired) electrons. The van der Waals surface area contributed by atoms with Crippen molar-refractivity contribution >= 4 is 28.4 Å². The van der Waals surface area contributed by atoms with Gasteiger partial charge in [-0.15, -0.1) is 22.7 Å². The summed E-state index contributed by atoms with van der Waals surface area (Å²) in [6.45, 7) is 4.36. The van der Waals surface area contributed by atoms with Crippen LogP contribution in [0.5, 0.6) is 0 Å². The van der Waals surface area contributed by atoms with Gasteiger partial charge in [0.2, 0.25) is 0 Å². The zero-order chi connectivity index (χ0) is 14.7. The molecule has 2 heterocycles. The second kappa shape index (κ2) is 6.46. The highest BCUT2D eigenvalue weighted by Crippen LogP contribution is 2.30. The van der Waals surface area contributed by atoms with E-state index in [9.17, 15) is 0 Å². The Morgan fingerprint density at radius 3 is 2.48 bits per heavy atom. The first kappa shape index (κ1) is 14.4. The molecule has 2 aromatic heterocycles. The fourth-order valence-corrected chi connectivity index (χ4v) is 3.97. The van der Waals surface area contributed by atoms with Crippen molar-refractivity contribution in [2.45, 2.75) is 26.3 Å². The molecule has 3 aromatic rings. The molecule has 0 saturated carbocycles. The van der Waals surface area contributed by atoms with E-state index in [1.165, 1.54) is 26.6 Å². The molecule has 0 amide bonds. The lowest BCUT2D eigenvalue weighted by Gasteiger charge is -2.20. The monoisotopic (exact) mass is 313 g/mol. The summed E-state index contributed by atoms with van der Waals surface area (Å²) in [4.78, 5) is 2.82. The zero-order valence-electron chi connectivity index (χ0n) is 12.3. The Labute approximate surface area is 134 Å². The van der Waals surface area contributed by atoms with E-state index in [1.54, 1.807) is 0 Å². The largest absolute Gasteiger partial charge is 0.377 e. The van der Waals surface area contributed by atoms with Gasteiger partial charge in [0.25, 0.3) is 0 Å². The third kappa shape index (κ3) is 3.36. The molecule has 0 bridgehead atoms. The van der Waals surface area contributed by atoms with Gasteiger partial charge in [0.05, 0.1) is 6.04 Å². The van der Waals surface area contributed by atoms with Gasteiger partial charge in [-0.1, -0.05) is 24.3 Å². The lowest BCUT2D eigenvalue weighted by molar-refractivity contribution is 0.800. The van der Waals surface area contributed by atoms with Gasteiger partial charge in [-0.25, -0.2) is 0 Å². The van der Waals surface area contributed by atoms with Crippen molar-refractivity contribution in [2.24, 2.45) is 0 Å². The van der Waals surface area contributed by atoms with Crippen LogP contribution in [0.15, 0.2) is 53.2 Å². The van der Waals surface area contributed by atoms with Crippen LogP contribution in [-0.4, -0.2) is 0 Å². The van der Waals surface area contributed by atoms with Crippen LogP contribution in [0.4, 0.5) is 5.69 Å². The Morgan fingerprint density at radius 2 is 1.76 bits per heavy atom. The average molecular weight is 313 g/mol. The number of hydrogen-bond acceptors (Lipinski definition) is 3. The Hall–Kier alpha value is -1.58. The van der Waals surface area contributed by atoms with Crippen LogP contribution >= 0.6 is 22.7 Å². The predicted octanol–water partition coefficient (Wildman–Crippen LogP) is 5.82. The molecule has 21 heavy (non-hydrogen) atoms. The lowest BCUT2D eigenvalue weighted by atomic mass is 10.1. The van der Waals surface area contributed by atoms with E-state index in [-0.39, 0.29) is 0 Å². The number of thiophene rings is 2. The van der Waals surface area contributed by atoms with Gasteiger partial charge in [0.1, 0.15) is 0 Å². The minimum atomic E-state index is 0.337. The topological polar surface area (TPSA) is 12.0 Å². The molecule has 1 atom stereocenters. The number of rotatable bonds is 5. The average Bonchev–Trinajstić information content (AvgIpc) is 3.16. The number of nitrogens with one attached hydrogen (secondary N) is 1. The molecule has 0 aliphatic rings. The van der Waals surface area contributed by atoms with Gasteiger partial charge in [-0.3, -0.25) is 0 Å². The molecule has 3 rings (SSSR count). The summed E-state index contributed by atoms with van der Waals surface area (Å²) in [7, 11) is 0. The molecule has 0 aliphatic heterocycles. The van der Waals surface area contributed by atoms with Crippen LogP contribution in [0.2, 0.25) is 0 Å². The highest BCUT2D eigenvalue weighted by molar-refractivity contribution is 7.10. The molecule has 108 valence electrons. The third-order valence-corrected chi connectivity index (χ3v) is 5.69. The second-order valence-corrected chi connectivity index (χ2v) is 7.25. The van der Waals surface area contributed by atoms with Gasteiger partial charge < -0.3 is 5.32 Å². The summed E-state index contributed by atoms with van der Waals surface area (Å²) < 4.78 is 0. The van der Waals surface area contributed by atoms with Crippen LogP contribution in [0.1, 0.15) is 26.9 Å². The molecular formula is C18H19NS2. The van der Waals surface area contributed by atoms with E-state index >= 15 is 0 Å². The Morgan fingerprint density at radius 1 is 0.952 bits per heavy atom. The summed E-state index contributed by atoms with van der Waals surface area (Å²) >= 11 is 3.66. The molecule has 0 spiro atoms. The number of hydrogen-bond donors (Lipinski definition) is 1. The van der Waals surface area contributed by atoms with Gasteiger partial charge in [0.15, 0.2) is 0 Å². The Kier molecular flexibility index (Phi) is 4.42. The van der Waals surface area contributed by atoms with E-state index in [4.69, 9.17) is 0 Å². The summed E-state index contributed by atoms with van der Waals surface area (Å²) in [5.41, 5.74) is 3.91. The fraction of sp³-hybridized carbons (Fsp3) is 0.222. The van der Waals surface area contributed by atoms with Crippen LogP contribution in [0.3, 0.4) is 0 Å². The lowest BCUT2D eigenvalue weighted by Crippen LogP contribution is -2.13. The van der Waals surface area contributed by atoms with Crippen LogP contribution in [-0.2, 0) is 6.42 Å². The van der Waals surface area contributed by atoms with Crippen molar-refractivity contribution in [3.05, 3.63) is 74.1 Å². The zero-order valence-corrected chi connectivity index (χ0v) is 13.9. The molecule has 0 fully saturated rings. The van der Waals surface area contributed by atoms with Gasteiger partial charge >= 0.3 is 0 Å². The second-order valence-electron chi connectivity index (χ2n) is 5.24. The van der Waals surface area contributed by atoms with Crippen LogP contribution in [0.25, 0.3) is 0 Å². The summed E-state index contributed by atoms with van der Waals surface area (Å²) in [6, 6.07) is 15.5. The molecule has 0 aliphatic carbocycles. The van der Waals surface area contributed by atoms with Crippen molar-refractivity contribution in [1.82, 2.24) is 0 Å². The van der Waals surface area contributed by atoms with Crippen molar-refractivity contribution in [3.63, 3.8) is 0 Å². The summed E-state index contributed by atoms with van der Waals surface area (Å²) in [5.74, 6) is 0. The highest BCUT2D eigenvalue weighted by atomic mass is 32.1.